The fraction of sp³-hybridized carbons (Fsp3) is 0.273. The van der Waals surface area contributed by atoms with E-state index in [1.807, 2.05) is 0 Å². The quantitative estimate of drug-likeness (QED) is 0.917. The molecular formula is C11H15ClFNO2S. The van der Waals surface area contributed by atoms with Crippen molar-refractivity contribution in [1.82, 2.24) is 0 Å². The Morgan fingerprint density at radius 2 is 2.12 bits per heavy atom. The molecule has 6 heteroatoms. The Morgan fingerprint density at radius 1 is 1.47 bits per heavy atom. The maximum absolute atomic E-state index is 13.1. The number of hydrogen-bond donors (Lipinski definition) is 1. The molecule has 1 aromatic carbocycles. The molecule has 0 radical (unpaired) electrons. The van der Waals surface area contributed by atoms with Crippen molar-refractivity contribution >= 4 is 22.2 Å². The van der Waals surface area contributed by atoms with Crippen LogP contribution in [0.2, 0.25) is 0 Å². The highest BCUT2D eigenvalue weighted by Gasteiger charge is 2.16. The third-order valence-corrected chi connectivity index (χ3v) is 3.64. The number of benzene rings is 1. The number of halogens is 2. The van der Waals surface area contributed by atoms with Gasteiger partial charge in [-0.05, 0) is 30.7 Å². The summed E-state index contributed by atoms with van der Waals surface area (Å²) in [5.74, 6) is -1.35. The van der Waals surface area contributed by atoms with Crippen LogP contribution >= 0.6 is 12.4 Å². The zero-order valence-corrected chi connectivity index (χ0v) is 11.0. The zero-order chi connectivity index (χ0) is 12.2. The van der Waals surface area contributed by atoms with Gasteiger partial charge in [0.25, 0.3) is 0 Å². The number of aryl methyl sites for hydroxylation is 1. The summed E-state index contributed by atoms with van der Waals surface area (Å²) in [6.45, 7) is 1.78. The Bertz CT molecular complexity index is 500. The van der Waals surface area contributed by atoms with Crippen molar-refractivity contribution in [1.29, 1.82) is 0 Å². The Kier molecular flexibility index (Phi) is 6.37. The van der Waals surface area contributed by atoms with Crippen LogP contribution in [0.15, 0.2) is 41.1 Å². The molecule has 0 aliphatic heterocycles. The molecular weight excluding hydrogens is 265 g/mol. The molecule has 1 rings (SSSR count). The number of hydrogen-bond acceptors (Lipinski definition) is 3. The van der Waals surface area contributed by atoms with Crippen molar-refractivity contribution in [3.63, 3.8) is 0 Å². The molecule has 0 saturated heterocycles. The molecule has 1 aromatic rings. The minimum Gasteiger partial charge on any atom is -0.327 e. The standard InChI is InChI=1S/C11H14FNO2S.ClH/c1-9-3-2-4-11(7-9)16(14,15)8-10(12)5-6-13;/h2-5,7H,6,8,13H2,1H3;1H/b10-5-;. The molecule has 0 amide bonds. The van der Waals surface area contributed by atoms with Crippen molar-refractivity contribution in [3.8, 4) is 0 Å². The molecule has 0 atom stereocenters. The number of sulfone groups is 1. The first-order chi connectivity index (χ1) is 7.45. The first-order valence-electron chi connectivity index (χ1n) is 4.80. The molecule has 2 N–H and O–H groups in total. The Balaban J connectivity index is 0.00000256. The van der Waals surface area contributed by atoms with Crippen LogP contribution in [0, 0.1) is 6.92 Å². The first-order valence-corrected chi connectivity index (χ1v) is 6.45. The van der Waals surface area contributed by atoms with Crippen LogP contribution in [-0.2, 0) is 9.84 Å². The molecule has 0 aromatic heterocycles. The van der Waals surface area contributed by atoms with E-state index in [9.17, 15) is 12.8 Å². The van der Waals surface area contributed by atoms with E-state index in [2.05, 4.69) is 0 Å². The van der Waals surface area contributed by atoms with Gasteiger partial charge in [-0.15, -0.1) is 12.4 Å². The highest BCUT2D eigenvalue weighted by atomic mass is 35.5. The molecule has 96 valence electrons. The van der Waals surface area contributed by atoms with E-state index >= 15 is 0 Å². The van der Waals surface area contributed by atoms with E-state index in [0.29, 0.717) is 0 Å². The summed E-state index contributed by atoms with van der Waals surface area (Å²) in [6.07, 6.45) is 1.06. The van der Waals surface area contributed by atoms with Crippen molar-refractivity contribution in [3.05, 3.63) is 41.7 Å². The van der Waals surface area contributed by atoms with Crippen LogP contribution in [0.5, 0.6) is 0 Å². The molecule has 0 bridgehead atoms. The Morgan fingerprint density at radius 3 is 2.65 bits per heavy atom. The van der Waals surface area contributed by atoms with Gasteiger partial charge in [-0.1, -0.05) is 12.1 Å². The fourth-order valence-corrected chi connectivity index (χ4v) is 2.56. The van der Waals surface area contributed by atoms with Gasteiger partial charge >= 0.3 is 0 Å². The van der Waals surface area contributed by atoms with Gasteiger partial charge in [-0.3, -0.25) is 0 Å². The smallest absolute Gasteiger partial charge is 0.184 e. The summed E-state index contributed by atoms with van der Waals surface area (Å²) >= 11 is 0. The SMILES string of the molecule is Cc1cccc(S(=O)(=O)C/C(F)=C/CN)c1.Cl. The van der Waals surface area contributed by atoms with E-state index in [0.717, 1.165) is 11.6 Å². The van der Waals surface area contributed by atoms with Crippen molar-refractivity contribution in [2.45, 2.75) is 11.8 Å². The highest BCUT2D eigenvalue weighted by molar-refractivity contribution is 7.91. The fourth-order valence-electron chi connectivity index (χ4n) is 1.26. The maximum Gasteiger partial charge on any atom is 0.184 e. The summed E-state index contributed by atoms with van der Waals surface area (Å²) in [5, 5.41) is 0. The minimum atomic E-state index is -3.60. The van der Waals surface area contributed by atoms with Crippen LogP contribution in [0.1, 0.15) is 5.56 Å². The molecule has 0 spiro atoms. The van der Waals surface area contributed by atoms with Gasteiger partial charge in [0.1, 0.15) is 11.6 Å². The molecule has 3 nitrogen and oxygen atoms in total. The van der Waals surface area contributed by atoms with Crippen LogP contribution in [0.3, 0.4) is 0 Å². The molecule has 0 heterocycles. The summed E-state index contributed by atoms with van der Waals surface area (Å²) in [4.78, 5) is 0.132. The molecule has 0 fully saturated rings. The van der Waals surface area contributed by atoms with E-state index in [-0.39, 0.29) is 23.8 Å². The van der Waals surface area contributed by atoms with E-state index < -0.39 is 21.4 Å². The summed E-state index contributed by atoms with van der Waals surface area (Å²) in [5.41, 5.74) is 5.92. The summed E-state index contributed by atoms with van der Waals surface area (Å²) in [7, 11) is -3.60. The normalized spacial score (nSPS) is 12.1. The van der Waals surface area contributed by atoms with Crippen LogP contribution < -0.4 is 5.73 Å². The average molecular weight is 280 g/mol. The Labute approximate surface area is 107 Å². The van der Waals surface area contributed by atoms with Gasteiger partial charge in [0.15, 0.2) is 9.84 Å². The number of rotatable bonds is 4. The highest BCUT2D eigenvalue weighted by Crippen LogP contribution is 2.15. The minimum absolute atomic E-state index is 0. The summed E-state index contributed by atoms with van der Waals surface area (Å²) < 4.78 is 36.6. The third kappa shape index (κ3) is 4.85. The second-order valence-electron chi connectivity index (χ2n) is 3.46. The summed E-state index contributed by atoms with van der Waals surface area (Å²) in [6, 6.07) is 6.39. The van der Waals surface area contributed by atoms with Crippen molar-refractivity contribution in [2.24, 2.45) is 5.73 Å². The topological polar surface area (TPSA) is 60.2 Å². The van der Waals surface area contributed by atoms with Gasteiger partial charge in [-0.25, -0.2) is 12.8 Å². The lowest BCUT2D eigenvalue weighted by molar-refractivity contribution is 0.583. The number of nitrogens with two attached hydrogens (primary N) is 1. The lowest BCUT2D eigenvalue weighted by atomic mass is 10.2. The van der Waals surface area contributed by atoms with Gasteiger partial charge in [-0.2, -0.15) is 0 Å². The van der Waals surface area contributed by atoms with Gasteiger partial charge in [0.2, 0.25) is 0 Å². The first kappa shape index (κ1) is 16.1. The third-order valence-electron chi connectivity index (χ3n) is 2.02. The Hall–Kier alpha value is -0.910. The van der Waals surface area contributed by atoms with Crippen molar-refractivity contribution < 1.29 is 12.8 Å². The zero-order valence-electron chi connectivity index (χ0n) is 9.39. The van der Waals surface area contributed by atoms with Gasteiger partial charge < -0.3 is 5.73 Å². The second kappa shape index (κ2) is 6.74. The predicted molar refractivity (Wildman–Crippen MR) is 68.7 cm³/mol. The maximum atomic E-state index is 13.1. The van der Waals surface area contributed by atoms with Crippen LogP contribution in [0.4, 0.5) is 4.39 Å². The molecule has 0 aliphatic carbocycles. The van der Waals surface area contributed by atoms with Crippen molar-refractivity contribution in [2.75, 3.05) is 12.3 Å². The van der Waals surface area contributed by atoms with Gasteiger partial charge in [0, 0.05) is 6.54 Å². The molecule has 0 saturated carbocycles. The molecule has 0 aliphatic rings. The van der Waals surface area contributed by atoms with Gasteiger partial charge in [0.05, 0.1) is 4.90 Å². The van der Waals surface area contributed by atoms with E-state index in [4.69, 9.17) is 5.73 Å². The van der Waals surface area contributed by atoms with E-state index in [1.165, 1.54) is 12.1 Å². The van der Waals surface area contributed by atoms with Crippen LogP contribution in [-0.4, -0.2) is 20.7 Å². The molecule has 0 unspecified atom stereocenters. The predicted octanol–water partition coefficient (Wildman–Crippen LogP) is 2.00. The van der Waals surface area contributed by atoms with Crippen LogP contribution in [0.25, 0.3) is 0 Å². The second-order valence-corrected chi connectivity index (χ2v) is 5.45. The largest absolute Gasteiger partial charge is 0.327 e. The molecule has 17 heavy (non-hydrogen) atoms. The monoisotopic (exact) mass is 279 g/mol. The lowest BCUT2D eigenvalue weighted by Crippen LogP contribution is -2.08. The van der Waals surface area contributed by atoms with E-state index in [1.54, 1.807) is 19.1 Å². The average Bonchev–Trinajstić information content (AvgIpc) is 2.17. The lowest BCUT2D eigenvalue weighted by Gasteiger charge is -2.03.